The molecule has 0 atom stereocenters. The first-order chi connectivity index (χ1) is 11.3. The number of carbonyl (C=O) groups excluding carboxylic acids is 1. The van der Waals surface area contributed by atoms with Crippen LogP contribution in [0.15, 0.2) is 60.9 Å². The van der Waals surface area contributed by atoms with Gasteiger partial charge in [-0.1, -0.05) is 19.7 Å². The molecule has 24 heavy (non-hydrogen) atoms. The van der Waals surface area contributed by atoms with Gasteiger partial charge in [-0.05, 0) is 43.7 Å². The van der Waals surface area contributed by atoms with Gasteiger partial charge < -0.3 is 20.1 Å². The van der Waals surface area contributed by atoms with Crippen LogP contribution in [0.3, 0.4) is 0 Å². The Morgan fingerprint density at radius 1 is 1.00 bits per heavy atom. The summed E-state index contributed by atoms with van der Waals surface area (Å²) >= 11 is 0. The van der Waals surface area contributed by atoms with Crippen molar-refractivity contribution in [1.82, 2.24) is 0 Å². The van der Waals surface area contributed by atoms with Crippen molar-refractivity contribution in [3.63, 3.8) is 0 Å². The van der Waals surface area contributed by atoms with Crippen LogP contribution >= 0.6 is 0 Å². The second-order valence-corrected chi connectivity index (χ2v) is 5.55. The monoisotopic (exact) mass is 330 g/mol. The molecular formula is C19H26N2O3. The number of nitrogen functional groups attached to an aromatic ring is 1. The van der Waals surface area contributed by atoms with E-state index in [0.717, 1.165) is 11.3 Å². The molecule has 0 bridgehead atoms. The Morgan fingerprint density at radius 3 is 2.04 bits per heavy atom. The number of esters is 1. The maximum absolute atomic E-state index is 11.5. The minimum absolute atomic E-state index is 0.261. The van der Waals surface area contributed by atoms with Crippen LogP contribution in [0.4, 0.5) is 11.4 Å². The van der Waals surface area contributed by atoms with E-state index in [-0.39, 0.29) is 12.6 Å². The molecule has 130 valence electrons. The van der Waals surface area contributed by atoms with Crippen LogP contribution in [0.1, 0.15) is 13.8 Å². The lowest BCUT2D eigenvalue weighted by Gasteiger charge is -2.25. The summed E-state index contributed by atoms with van der Waals surface area (Å²) in [5.74, 6) is 0.181. The first kappa shape index (κ1) is 19.4. The first-order valence-corrected chi connectivity index (χ1v) is 7.72. The molecule has 1 aromatic rings. The number of allylic oxidation sites excluding steroid dienone is 1. The van der Waals surface area contributed by atoms with Gasteiger partial charge in [-0.3, -0.25) is 0 Å². The molecule has 1 rings (SSSR count). The summed E-state index contributed by atoms with van der Waals surface area (Å²) in [5.41, 5.74) is 8.58. The molecule has 0 unspecified atom stereocenters. The van der Waals surface area contributed by atoms with Crippen LogP contribution < -0.4 is 10.6 Å². The third-order valence-electron chi connectivity index (χ3n) is 3.31. The van der Waals surface area contributed by atoms with Crippen molar-refractivity contribution < 1.29 is 14.3 Å². The molecule has 0 aromatic heterocycles. The van der Waals surface area contributed by atoms with E-state index in [4.69, 9.17) is 15.2 Å². The van der Waals surface area contributed by atoms with Crippen LogP contribution in [-0.2, 0) is 14.3 Å². The number of nitrogens with two attached hydrogens (primary N) is 1. The number of benzene rings is 1. The molecule has 0 fully saturated rings. The van der Waals surface area contributed by atoms with Crippen molar-refractivity contribution in [2.45, 2.75) is 13.8 Å². The highest BCUT2D eigenvalue weighted by Crippen LogP contribution is 2.16. The molecule has 0 aliphatic carbocycles. The molecule has 0 aliphatic heterocycles. The van der Waals surface area contributed by atoms with Crippen LogP contribution in [0.2, 0.25) is 0 Å². The molecule has 0 saturated heterocycles. The summed E-state index contributed by atoms with van der Waals surface area (Å²) in [6, 6.07) is 7.50. The van der Waals surface area contributed by atoms with Gasteiger partial charge in [-0.2, -0.15) is 0 Å². The smallest absolute Gasteiger partial charge is 0.333 e. The zero-order chi connectivity index (χ0) is 18.1. The molecule has 1 aromatic carbocycles. The average molecular weight is 330 g/mol. The summed E-state index contributed by atoms with van der Waals surface area (Å²) in [6.45, 7) is 16.5. The predicted octanol–water partition coefficient (Wildman–Crippen LogP) is 3.30. The van der Waals surface area contributed by atoms with Gasteiger partial charge in [0.2, 0.25) is 0 Å². The van der Waals surface area contributed by atoms with Crippen molar-refractivity contribution in [2.75, 3.05) is 36.9 Å². The van der Waals surface area contributed by atoms with Gasteiger partial charge >= 0.3 is 5.97 Å². The van der Waals surface area contributed by atoms with Crippen LogP contribution in [0, 0.1) is 0 Å². The van der Waals surface area contributed by atoms with Crippen LogP contribution in [0.5, 0.6) is 0 Å². The highest BCUT2D eigenvalue weighted by Gasteiger charge is 2.09. The zero-order valence-electron chi connectivity index (χ0n) is 14.5. The van der Waals surface area contributed by atoms with Crippen molar-refractivity contribution >= 4 is 17.3 Å². The SMILES string of the molecule is C=C(C)C(=C)OCCN(CCOC(=O)C(=C)C)c1ccc(N)cc1. The fourth-order valence-corrected chi connectivity index (χ4v) is 1.83. The highest BCUT2D eigenvalue weighted by atomic mass is 16.5. The Hall–Kier alpha value is -2.69. The lowest BCUT2D eigenvalue weighted by atomic mass is 10.2. The van der Waals surface area contributed by atoms with Gasteiger partial charge in [0.15, 0.2) is 0 Å². The molecule has 5 nitrogen and oxygen atoms in total. The van der Waals surface area contributed by atoms with E-state index < -0.39 is 0 Å². The fraction of sp³-hybridized carbons (Fsp3) is 0.316. The first-order valence-electron chi connectivity index (χ1n) is 7.72. The largest absolute Gasteiger partial charge is 0.492 e. The average Bonchev–Trinajstić information content (AvgIpc) is 2.53. The Labute approximate surface area is 144 Å². The maximum Gasteiger partial charge on any atom is 0.333 e. The maximum atomic E-state index is 11.5. The van der Waals surface area contributed by atoms with E-state index in [1.165, 1.54) is 0 Å². The Bertz CT molecular complexity index is 574. The third-order valence-corrected chi connectivity index (χ3v) is 3.31. The molecule has 0 aliphatic rings. The molecular weight excluding hydrogens is 304 g/mol. The van der Waals surface area contributed by atoms with Gasteiger partial charge in [0.05, 0.1) is 13.1 Å². The molecule has 0 saturated carbocycles. The number of rotatable bonds is 10. The van der Waals surface area contributed by atoms with E-state index in [1.54, 1.807) is 6.92 Å². The zero-order valence-corrected chi connectivity index (χ0v) is 14.5. The van der Waals surface area contributed by atoms with Crippen molar-refractivity contribution in [2.24, 2.45) is 0 Å². The molecule has 2 N–H and O–H groups in total. The molecule has 5 heteroatoms. The Balaban J connectivity index is 2.63. The standard InChI is InChI=1S/C19H26N2O3/c1-14(2)16(5)23-12-10-21(11-13-24-19(22)15(3)4)18-8-6-17(20)7-9-18/h6-9H,1,3,5,10-13,20H2,2,4H3. The number of nitrogens with zero attached hydrogens (tertiary/aromatic N) is 1. The molecule has 0 spiro atoms. The molecule has 0 radical (unpaired) electrons. The topological polar surface area (TPSA) is 64.8 Å². The Kier molecular flexibility index (Phi) is 7.62. The quantitative estimate of drug-likeness (QED) is 0.234. The summed E-state index contributed by atoms with van der Waals surface area (Å²) < 4.78 is 10.7. The minimum atomic E-state index is -0.390. The number of ether oxygens (including phenoxy) is 2. The molecule has 0 amide bonds. The number of carbonyl (C=O) groups is 1. The Morgan fingerprint density at radius 2 is 1.54 bits per heavy atom. The van der Waals surface area contributed by atoms with Gasteiger partial charge in [0.25, 0.3) is 0 Å². The fourth-order valence-electron chi connectivity index (χ4n) is 1.83. The second-order valence-electron chi connectivity index (χ2n) is 5.55. The van der Waals surface area contributed by atoms with Crippen LogP contribution in [-0.4, -0.2) is 32.3 Å². The lowest BCUT2D eigenvalue weighted by molar-refractivity contribution is -0.138. The number of hydrogen-bond donors (Lipinski definition) is 1. The van der Waals surface area contributed by atoms with Gasteiger partial charge in [-0.25, -0.2) is 4.79 Å². The van der Waals surface area contributed by atoms with Gasteiger partial charge in [-0.15, -0.1) is 0 Å². The summed E-state index contributed by atoms with van der Waals surface area (Å²) in [4.78, 5) is 13.5. The predicted molar refractivity (Wildman–Crippen MR) is 98.7 cm³/mol. The third kappa shape index (κ3) is 6.60. The summed E-state index contributed by atoms with van der Waals surface area (Å²) in [7, 11) is 0. The second kappa shape index (κ2) is 9.45. The molecule has 0 heterocycles. The van der Waals surface area contributed by atoms with E-state index in [0.29, 0.717) is 36.7 Å². The van der Waals surface area contributed by atoms with Crippen molar-refractivity contribution in [1.29, 1.82) is 0 Å². The highest BCUT2D eigenvalue weighted by molar-refractivity contribution is 5.86. The van der Waals surface area contributed by atoms with E-state index in [1.807, 2.05) is 31.2 Å². The summed E-state index contributed by atoms with van der Waals surface area (Å²) in [6.07, 6.45) is 0. The van der Waals surface area contributed by atoms with Crippen molar-refractivity contribution in [3.8, 4) is 0 Å². The number of hydrogen-bond acceptors (Lipinski definition) is 5. The van der Waals surface area contributed by atoms with E-state index in [2.05, 4.69) is 24.6 Å². The van der Waals surface area contributed by atoms with Crippen molar-refractivity contribution in [3.05, 3.63) is 60.9 Å². The van der Waals surface area contributed by atoms with Gasteiger partial charge in [0.1, 0.15) is 19.0 Å². The normalized spacial score (nSPS) is 9.92. The van der Waals surface area contributed by atoms with E-state index >= 15 is 0 Å². The van der Waals surface area contributed by atoms with Crippen LogP contribution in [0.25, 0.3) is 0 Å². The van der Waals surface area contributed by atoms with Gasteiger partial charge in [0, 0.05) is 16.9 Å². The lowest BCUT2D eigenvalue weighted by Crippen LogP contribution is -2.31. The number of anilines is 2. The minimum Gasteiger partial charge on any atom is -0.492 e. The van der Waals surface area contributed by atoms with E-state index in [9.17, 15) is 4.79 Å². The summed E-state index contributed by atoms with van der Waals surface area (Å²) in [5, 5.41) is 0.